The van der Waals surface area contributed by atoms with Crippen LogP contribution >= 0.6 is 0 Å². The SMILES string of the molecule is Cc1cc(F)cc2c1ccc[n+]2[O-]. The second-order valence-electron chi connectivity index (χ2n) is 2.99. The Kier molecular flexibility index (Phi) is 1.65. The molecular weight excluding hydrogens is 169 g/mol. The smallest absolute Gasteiger partial charge is 0.226 e. The Morgan fingerprint density at radius 1 is 1.38 bits per heavy atom. The first kappa shape index (κ1) is 7.98. The number of pyridine rings is 1. The molecule has 0 unspecified atom stereocenters. The van der Waals surface area contributed by atoms with Crippen LogP contribution in [0.3, 0.4) is 0 Å². The normalized spacial score (nSPS) is 10.6. The van der Waals surface area contributed by atoms with Crippen molar-refractivity contribution in [2.24, 2.45) is 0 Å². The zero-order valence-electron chi connectivity index (χ0n) is 7.12. The molecule has 0 saturated heterocycles. The fourth-order valence-corrected chi connectivity index (χ4v) is 1.43. The third kappa shape index (κ3) is 1.22. The Labute approximate surface area is 74.8 Å². The van der Waals surface area contributed by atoms with E-state index in [1.165, 1.54) is 18.3 Å². The van der Waals surface area contributed by atoms with Crippen LogP contribution in [0.1, 0.15) is 5.56 Å². The summed E-state index contributed by atoms with van der Waals surface area (Å²) in [6.07, 6.45) is 1.36. The Morgan fingerprint density at radius 2 is 2.15 bits per heavy atom. The number of aryl methyl sites for hydroxylation is 1. The fourth-order valence-electron chi connectivity index (χ4n) is 1.43. The molecule has 2 nitrogen and oxygen atoms in total. The minimum Gasteiger partial charge on any atom is -0.618 e. The number of aromatic nitrogens is 1. The molecule has 66 valence electrons. The molecule has 2 rings (SSSR count). The summed E-state index contributed by atoms with van der Waals surface area (Å²) in [5.74, 6) is -0.374. The number of benzene rings is 1. The molecular formula is C10H8FNO. The van der Waals surface area contributed by atoms with Gasteiger partial charge in [0.25, 0.3) is 0 Å². The van der Waals surface area contributed by atoms with Gasteiger partial charge in [-0.15, -0.1) is 0 Å². The molecule has 0 aliphatic rings. The molecule has 0 fully saturated rings. The van der Waals surface area contributed by atoms with Gasteiger partial charge >= 0.3 is 0 Å². The molecule has 0 bridgehead atoms. The van der Waals surface area contributed by atoms with E-state index in [1.54, 1.807) is 19.1 Å². The second kappa shape index (κ2) is 2.69. The van der Waals surface area contributed by atoms with Gasteiger partial charge in [0.1, 0.15) is 5.82 Å². The summed E-state index contributed by atoms with van der Waals surface area (Å²) in [6.45, 7) is 1.78. The van der Waals surface area contributed by atoms with Crippen LogP contribution in [0.25, 0.3) is 10.9 Å². The first-order valence-corrected chi connectivity index (χ1v) is 3.96. The van der Waals surface area contributed by atoms with Gasteiger partial charge in [-0.2, -0.15) is 4.73 Å². The first-order chi connectivity index (χ1) is 6.18. The van der Waals surface area contributed by atoms with E-state index in [1.807, 2.05) is 0 Å². The summed E-state index contributed by atoms with van der Waals surface area (Å²) in [5, 5.41) is 12.0. The lowest BCUT2D eigenvalue weighted by Crippen LogP contribution is -2.26. The van der Waals surface area contributed by atoms with Crippen LogP contribution in [-0.4, -0.2) is 0 Å². The van der Waals surface area contributed by atoms with E-state index in [0.717, 1.165) is 10.9 Å². The fraction of sp³-hybridized carbons (Fsp3) is 0.100. The van der Waals surface area contributed by atoms with Gasteiger partial charge in [-0.05, 0) is 24.6 Å². The average molecular weight is 177 g/mol. The third-order valence-electron chi connectivity index (χ3n) is 2.05. The summed E-state index contributed by atoms with van der Waals surface area (Å²) >= 11 is 0. The van der Waals surface area contributed by atoms with Gasteiger partial charge in [0.05, 0.1) is 5.39 Å². The van der Waals surface area contributed by atoms with Crippen LogP contribution in [0.4, 0.5) is 4.39 Å². The number of nitrogens with zero attached hydrogens (tertiary/aromatic N) is 1. The number of halogens is 1. The Bertz CT molecular complexity index is 468. The molecule has 0 aliphatic heterocycles. The predicted octanol–water partition coefficient (Wildman–Crippen LogP) is 1.92. The topological polar surface area (TPSA) is 26.9 Å². The molecule has 0 spiro atoms. The van der Waals surface area contributed by atoms with Crippen molar-refractivity contribution in [1.29, 1.82) is 0 Å². The van der Waals surface area contributed by atoms with E-state index in [4.69, 9.17) is 0 Å². The van der Waals surface area contributed by atoms with Crippen LogP contribution in [0.5, 0.6) is 0 Å². The van der Waals surface area contributed by atoms with E-state index in [2.05, 4.69) is 0 Å². The number of hydrogen-bond acceptors (Lipinski definition) is 1. The molecule has 2 aromatic rings. The molecule has 0 N–H and O–H groups in total. The number of rotatable bonds is 0. The maximum Gasteiger partial charge on any atom is 0.226 e. The van der Waals surface area contributed by atoms with Crippen molar-refractivity contribution in [2.75, 3.05) is 0 Å². The van der Waals surface area contributed by atoms with Crippen molar-refractivity contribution in [2.45, 2.75) is 6.92 Å². The van der Waals surface area contributed by atoms with Gasteiger partial charge in [0, 0.05) is 12.1 Å². The highest BCUT2D eigenvalue weighted by molar-refractivity contribution is 5.79. The van der Waals surface area contributed by atoms with Crippen molar-refractivity contribution < 1.29 is 9.12 Å². The zero-order chi connectivity index (χ0) is 9.42. The van der Waals surface area contributed by atoms with E-state index in [-0.39, 0.29) is 5.82 Å². The Hall–Kier alpha value is -1.64. The predicted molar refractivity (Wildman–Crippen MR) is 47.6 cm³/mol. The van der Waals surface area contributed by atoms with Crippen LogP contribution in [0.15, 0.2) is 30.5 Å². The number of hydrogen-bond donors (Lipinski definition) is 0. The highest BCUT2D eigenvalue weighted by Gasteiger charge is 2.06. The third-order valence-corrected chi connectivity index (χ3v) is 2.05. The van der Waals surface area contributed by atoms with E-state index >= 15 is 0 Å². The summed E-state index contributed by atoms with van der Waals surface area (Å²) in [7, 11) is 0. The highest BCUT2D eigenvalue weighted by atomic mass is 19.1. The zero-order valence-corrected chi connectivity index (χ0v) is 7.12. The van der Waals surface area contributed by atoms with E-state index in [0.29, 0.717) is 10.2 Å². The van der Waals surface area contributed by atoms with E-state index in [9.17, 15) is 9.60 Å². The van der Waals surface area contributed by atoms with E-state index < -0.39 is 0 Å². The standard InChI is InChI=1S/C10H8FNO/c1-7-5-8(11)6-10-9(7)3-2-4-12(10)13/h2-6H,1H3. The monoisotopic (exact) mass is 177 g/mol. The van der Waals surface area contributed by atoms with Crippen molar-refractivity contribution in [1.82, 2.24) is 0 Å². The Balaban J connectivity index is 2.94. The molecule has 1 aromatic carbocycles. The van der Waals surface area contributed by atoms with Crippen LogP contribution in [-0.2, 0) is 0 Å². The molecule has 0 saturated carbocycles. The lowest BCUT2D eigenvalue weighted by atomic mass is 10.1. The molecule has 1 heterocycles. The van der Waals surface area contributed by atoms with Gasteiger partial charge in [0.15, 0.2) is 6.20 Å². The molecule has 0 radical (unpaired) electrons. The van der Waals surface area contributed by atoms with Gasteiger partial charge in [-0.25, -0.2) is 4.39 Å². The molecule has 0 amide bonds. The van der Waals surface area contributed by atoms with Crippen LogP contribution in [0.2, 0.25) is 0 Å². The van der Waals surface area contributed by atoms with Crippen molar-refractivity contribution in [3.05, 3.63) is 47.1 Å². The van der Waals surface area contributed by atoms with Crippen LogP contribution in [0, 0.1) is 17.9 Å². The van der Waals surface area contributed by atoms with Crippen molar-refractivity contribution in [3.8, 4) is 0 Å². The second-order valence-corrected chi connectivity index (χ2v) is 2.99. The lowest BCUT2D eigenvalue weighted by Gasteiger charge is -2.02. The largest absolute Gasteiger partial charge is 0.618 e. The minimum absolute atomic E-state index is 0.374. The summed E-state index contributed by atoms with van der Waals surface area (Å²) in [4.78, 5) is 0. The summed E-state index contributed by atoms with van der Waals surface area (Å²) < 4.78 is 13.6. The molecule has 0 aliphatic carbocycles. The maximum absolute atomic E-state index is 12.9. The van der Waals surface area contributed by atoms with Crippen molar-refractivity contribution in [3.63, 3.8) is 0 Å². The quantitative estimate of drug-likeness (QED) is 0.446. The first-order valence-electron chi connectivity index (χ1n) is 3.96. The Morgan fingerprint density at radius 3 is 2.92 bits per heavy atom. The summed E-state index contributed by atoms with van der Waals surface area (Å²) in [5.41, 5.74) is 1.15. The minimum atomic E-state index is -0.374. The highest BCUT2D eigenvalue weighted by Crippen LogP contribution is 2.16. The molecule has 13 heavy (non-hydrogen) atoms. The van der Waals surface area contributed by atoms with Gasteiger partial charge in [-0.1, -0.05) is 0 Å². The van der Waals surface area contributed by atoms with Gasteiger partial charge < -0.3 is 5.21 Å². The van der Waals surface area contributed by atoms with Gasteiger partial charge in [-0.3, -0.25) is 0 Å². The maximum atomic E-state index is 12.9. The average Bonchev–Trinajstić information content (AvgIpc) is 2.07. The van der Waals surface area contributed by atoms with Gasteiger partial charge in [0.2, 0.25) is 5.52 Å². The van der Waals surface area contributed by atoms with Crippen molar-refractivity contribution >= 4 is 10.9 Å². The molecule has 1 aromatic heterocycles. The molecule has 3 heteroatoms. The van der Waals surface area contributed by atoms with Crippen LogP contribution < -0.4 is 4.73 Å². The lowest BCUT2D eigenvalue weighted by molar-refractivity contribution is -0.577. The number of fused-ring (bicyclic) bond motifs is 1. The molecule has 0 atom stereocenters. The summed E-state index contributed by atoms with van der Waals surface area (Å²) in [6, 6.07) is 6.12.